The smallest absolute Gasteiger partial charge is 0.338 e. The van der Waals surface area contributed by atoms with E-state index in [1.54, 1.807) is 24.3 Å². The lowest BCUT2D eigenvalue weighted by atomic mass is 9.47. The number of rotatable bonds is 7. The van der Waals surface area contributed by atoms with E-state index in [0.29, 0.717) is 52.7 Å². The van der Waals surface area contributed by atoms with Crippen molar-refractivity contribution in [1.29, 1.82) is 0 Å². The van der Waals surface area contributed by atoms with Crippen LogP contribution >= 0.6 is 0 Å². The van der Waals surface area contributed by atoms with Crippen molar-refractivity contribution < 1.29 is 38.0 Å². The highest BCUT2D eigenvalue weighted by Gasteiger charge is 2.68. The van der Waals surface area contributed by atoms with Crippen molar-refractivity contribution in [2.45, 2.75) is 136 Å². The maximum Gasteiger partial charge on any atom is 0.338 e. The Morgan fingerprint density at radius 2 is 1.54 bits per heavy atom. The second-order valence-corrected chi connectivity index (χ2v) is 19.7. The lowest BCUT2D eigenvalue weighted by Gasteiger charge is -2.58. The molecule has 8 heteroatoms. The Morgan fingerprint density at radius 3 is 2.25 bits per heavy atom. The summed E-state index contributed by atoms with van der Waals surface area (Å²) in [7, 11) is 0. The molecule has 16 atom stereocenters. The van der Waals surface area contributed by atoms with Crippen molar-refractivity contribution in [2.24, 2.45) is 58.2 Å². The van der Waals surface area contributed by atoms with Crippen LogP contribution in [-0.2, 0) is 28.4 Å². The minimum absolute atomic E-state index is 0.0560. The molecule has 9 rings (SSSR count). The van der Waals surface area contributed by atoms with Gasteiger partial charge in [-0.1, -0.05) is 89.6 Å². The predicted molar refractivity (Wildman–Crippen MR) is 216 cm³/mol. The minimum Gasteiger partial charge on any atom is -0.459 e. The van der Waals surface area contributed by atoms with Crippen LogP contribution in [0.1, 0.15) is 120 Å². The third-order valence-corrected chi connectivity index (χ3v) is 16.8. The Bertz CT molecular complexity index is 1800. The summed E-state index contributed by atoms with van der Waals surface area (Å²) in [5, 5.41) is 0. The van der Waals surface area contributed by atoms with Gasteiger partial charge in [0.25, 0.3) is 0 Å². The van der Waals surface area contributed by atoms with E-state index in [4.69, 9.17) is 28.4 Å². The van der Waals surface area contributed by atoms with Crippen LogP contribution in [-0.4, -0.2) is 61.6 Å². The topological polar surface area (TPSA) is 89.5 Å². The molecule has 8 nitrogen and oxygen atoms in total. The van der Waals surface area contributed by atoms with Crippen LogP contribution < -0.4 is 0 Å². The molecule has 0 N–H and O–H groups in total. The van der Waals surface area contributed by atoms with E-state index in [0.717, 1.165) is 38.7 Å². The van der Waals surface area contributed by atoms with Gasteiger partial charge in [-0.2, -0.15) is 0 Å². The average Bonchev–Trinajstić information content (AvgIpc) is 3.67. The largest absolute Gasteiger partial charge is 0.459 e. The van der Waals surface area contributed by atoms with Crippen molar-refractivity contribution >= 4 is 11.9 Å². The Balaban J connectivity index is 0.900. The van der Waals surface area contributed by atoms with Gasteiger partial charge in [-0.05, 0) is 122 Å². The molecule has 0 bridgehead atoms. The van der Waals surface area contributed by atoms with E-state index in [-0.39, 0.29) is 53.1 Å². The van der Waals surface area contributed by atoms with E-state index in [1.807, 2.05) is 36.4 Å². The van der Waals surface area contributed by atoms with Crippen LogP contribution in [0, 0.1) is 58.2 Å². The molecule has 1 spiro atoms. The molecule has 0 amide bonds. The summed E-state index contributed by atoms with van der Waals surface area (Å²) in [4.78, 5) is 26.4. The summed E-state index contributed by atoms with van der Waals surface area (Å²) in [5.74, 6) is 2.30. The summed E-state index contributed by atoms with van der Waals surface area (Å²) in [5.41, 5.74) is 2.95. The van der Waals surface area contributed by atoms with E-state index >= 15 is 0 Å². The Labute approximate surface area is 339 Å². The zero-order valence-corrected chi connectivity index (χ0v) is 34.9. The molecule has 3 heterocycles. The molecule has 3 aliphatic heterocycles. The van der Waals surface area contributed by atoms with Gasteiger partial charge in [0.1, 0.15) is 6.61 Å². The van der Waals surface area contributed by atoms with Crippen molar-refractivity contribution in [3.8, 4) is 0 Å². The third kappa shape index (κ3) is 6.82. The summed E-state index contributed by atoms with van der Waals surface area (Å²) in [6.07, 6.45) is 10.9. The summed E-state index contributed by atoms with van der Waals surface area (Å²) < 4.78 is 39.3. The fraction of sp³-hybridized carbons (Fsp3) is 0.673. The van der Waals surface area contributed by atoms with Crippen LogP contribution in [0.15, 0.2) is 72.3 Å². The summed E-state index contributed by atoms with van der Waals surface area (Å²) in [6, 6.07) is 18.1. The van der Waals surface area contributed by atoms with Crippen molar-refractivity contribution in [3.63, 3.8) is 0 Å². The van der Waals surface area contributed by atoms with E-state index in [1.165, 1.54) is 31.3 Å². The maximum atomic E-state index is 13.5. The first kappa shape index (κ1) is 39.4. The first-order chi connectivity index (χ1) is 27.4. The fourth-order valence-electron chi connectivity index (χ4n) is 13.3. The summed E-state index contributed by atoms with van der Waals surface area (Å²) in [6.45, 7) is 15.0. The monoisotopic (exact) mass is 780 g/mol. The highest BCUT2D eigenvalue weighted by atomic mass is 16.7. The first-order valence-corrected chi connectivity index (χ1v) is 22.2. The lowest BCUT2D eigenvalue weighted by molar-refractivity contribution is -0.289. The molecule has 4 aliphatic carbocycles. The second-order valence-electron chi connectivity index (χ2n) is 19.7. The van der Waals surface area contributed by atoms with Gasteiger partial charge in [0.15, 0.2) is 18.2 Å². The third-order valence-electron chi connectivity index (χ3n) is 16.8. The van der Waals surface area contributed by atoms with Gasteiger partial charge < -0.3 is 28.4 Å². The number of ether oxygens (including phenoxy) is 6. The van der Waals surface area contributed by atoms with Crippen molar-refractivity contribution in [3.05, 3.63) is 83.4 Å². The van der Waals surface area contributed by atoms with E-state index < -0.39 is 18.5 Å². The number of benzene rings is 2. The van der Waals surface area contributed by atoms with Gasteiger partial charge in [-0.15, -0.1) is 0 Å². The van der Waals surface area contributed by atoms with Gasteiger partial charge in [0.05, 0.1) is 36.0 Å². The number of allylic oxidation sites excluding steroid dienone is 1. The van der Waals surface area contributed by atoms with E-state index in [9.17, 15) is 9.59 Å². The van der Waals surface area contributed by atoms with Crippen molar-refractivity contribution in [1.82, 2.24) is 0 Å². The zero-order chi connectivity index (χ0) is 39.7. The summed E-state index contributed by atoms with van der Waals surface area (Å²) >= 11 is 0. The predicted octanol–water partition coefficient (Wildman–Crippen LogP) is 9.82. The molecular weight excluding hydrogens is 717 g/mol. The van der Waals surface area contributed by atoms with Crippen molar-refractivity contribution in [2.75, 3.05) is 13.2 Å². The van der Waals surface area contributed by atoms with Crippen LogP contribution in [0.3, 0.4) is 0 Å². The molecule has 6 fully saturated rings. The first-order valence-electron chi connectivity index (χ1n) is 22.2. The molecule has 2 aromatic carbocycles. The Morgan fingerprint density at radius 1 is 0.825 bits per heavy atom. The Hall–Kier alpha value is -3.04. The number of carbonyl (C=O) groups excluding carboxylic acids is 2. The molecule has 3 saturated carbocycles. The lowest BCUT2D eigenvalue weighted by Crippen LogP contribution is -2.55. The van der Waals surface area contributed by atoms with Crippen LogP contribution in [0.2, 0.25) is 0 Å². The molecular formula is C49H64O8. The SMILES string of the molecule is CC1C(COC(=O)c2ccccc2)O[C@@H](O[C@H]2CC[C@@]3(C)C(=CC[C@H]4[C@@H]5C[C@@H]6O[C@]7(CC[C@@H](C)CO7)[C@@H](C)[C@@H]6[C@@]5(C)CC[C@@H]43)C2)C(OC(=O)c2ccccc2)C1C. The molecule has 3 saturated heterocycles. The molecule has 308 valence electrons. The Kier molecular flexibility index (Phi) is 10.5. The normalized spacial score (nSPS) is 44.9. The maximum absolute atomic E-state index is 13.5. The average molecular weight is 781 g/mol. The van der Waals surface area contributed by atoms with Gasteiger partial charge >= 0.3 is 11.9 Å². The second kappa shape index (κ2) is 15.2. The molecule has 7 aliphatic rings. The van der Waals surface area contributed by atoms with Gasteiger partial charge in [-0.3, -0.25) is 0 Å². The molecule has 0 aromatic heterocycles. The number of carbonyl (C=O) groups is 2. The number of hydrogen-bond donors (Lipinski definition) is 0. The van der Waals surface area contributed by atoms with Crippen LogP contribution in [0.4, 0.5) is 0 Å². The highest BCUT2D eigenvalue weighted by Crippen LogP contribution is 2.70. The number of fused-ring (bicyclic) bond motifs is 7. The standard InChI is InChI=1S/C49H64O8/c1-29-19-24-49(53-27-29)32(4)42-40(57-49)26-39-37-18-17-35-25-36(20-22-47(35,5)38(37)21-23-48(39,42)6)54-46-43(56-45(51)34-15-11-8-12-16-34)31(3)30(2)41(55-46)28-52-44(50)33-13-9-7-10-14-33/h7-17,29-32,36-43,46H,18-28H2,1-6H3/t29-,30?,31?,32+,36+,37-,38+,39+,40+,41?,42+,43?,46-,47+,48+,49-/m1/s1. The quantitative estimate of drug-likeness (QED) is 0.203. The molecule has 0 radical (unpaired) electrons. The molecule has 57 heavy (non-hydrogen) atoms. The van der Waals surface area contributed by atoms with Gasteiger partial charge in [0, 0.05) is 18.3 Å². The van der Waals surface area contributed by atoms with Gasteiger partial charge in [0.2, 0.25) is 0 Å². The molecule has 4 unspecified atom stereocenters. The molecule has 2 aromatic rings. The highest BCUT2D eigenvalue weighted by molar-refractivity contribution is 5.89. The van der Waals surface area contributed by atoms with Gasteiger partial charge in [-0.25, -0.2) is 9.59 Å². The van der Waals surface area contributed by atoms with E-state index in [2.05, 4.69) is 47.6 Å². The zero-order valence-electron chi connectivity index (χ0n) is 34.9. The van der Waals surface area contributed by atoms with Crippen LogP contribution in [0.25, 0.3) is 0 Å². The van der Waals surface area contributed by atoms with Crippen LogP contribution in [0.5, 0.6) is 0 Å². The minimum atomic E-state index is -0.787. The number of hydrogen-bond acceptors (Lipinski definition) is 8. The fourth-order valence-corrected chi connectivity index (χ4v) is 13.3. The number of esters is 2.